The molecular weight excluding hydrogens is 543 g/mol. The molecule has 2 aromatic heterocycles. The van der Waals surface area contributed by atoms with E-state index in [0.29, 0.717) is 22.3 Å². The van der Waals surface area contributed by atoms with Gasteiger partial charge in [0.2, 0.25) is 5.95 Å². The van der Waals surface area contributed by atoms with Gasteiger partial charge in [0.1, 0.15) is 16.6 Å². The average Bonchev–Trinajstić information content (AvgIpc) is 3.68. The quantitative estimate of drug-likeness (QED) is 0.269. The summed E-state index contributed by atoms with van der Waals surface area (Å²) in [5, 5.41) is 0.874. The van der Waals surface area contributed by atoms with Crippen LogP contribution in [0.4, 0.5) is 24.8 Å². The van der Waals surface area contributed by atoms with Crippen LogP contribution in [-0.4, -0.2) is 57.5 Å². The number of hydrogen-bond donors (Lipinski definition) is 2. The summed E-state index contributed by atoms with van der Waals surface area (Å²) in [6.07, 6.45) is 4.03. The van der Waals surface area contributed by atoms with E-state index >= 15 is 4.39 Å². The van der Waals surface area contributed by atoms with Crippen LogP contribution in [0.1, 0.15) is 23.9 Å². The van der Waals surface area contributed by atoms with Crippen LogP contribution < -0.4 is 10.5 Å². The van der Waals surface area contributed by atoms with Crippen molar-refractivity contribution in [3.63, 3.8) is 0 Å². The molecule has 39 heavy (non-hydrogen) atoms. The summed E-state index contributed by atoms with van der Waals surface area (Å²) in [5.74, 6) is -1.62. The maximum Gasteiger partial charge on any atom is 0.220 e. The van der Waals surface area contributed by atoms with Crippen LogP contribution in [0.2, 0.25) is 0 Å². The molecule has 2 fully saturated rings. The van der Waals surface area contributed by atoms with E-state index in [2.05, 4.69) is 31.5 Å². The first-order valence-corrected chi connectivity index (χ1v) is 14.2. The van der Waals surface area contributed by atoms with Gasteiger partial charge in [0.05, 0.1) is 32.9 Å². The first-order valence-electron chi connectivity index (χ1n) is 12.6. The summed E-state index contributed by atoms with van der Waals surface area (Å²) in [4.78, 5) is 18.9. The molecule has 1 atom stereocenters. The molecule has 4 aromatic rings. The van der Waals surface area contributed by atoms with Gasteiger partial charge in [-0.3, -0.25) is 9.80 Å². The van der Waals surface area contributed by atoms with E-state index in [1.165, 1.54) is 24.2 Å². The van der Waals surface area contributed by atoms with E-state index in [4.69, 9.17) is 10.7 Å². The highest BCUT2D eigenvalue weighted by atomic mass is 32.2. The molecule has 1 unspecified atom stereocenters. The molecule has 0 amide bonds. The number of aromatic nitrogens is 3. The van der Waals surface area contributed by atoms with Gasteiger partial charge in [-0.15, -0.1) is 11.3 Å². The number of nitrogen functional groups attached to an aromatic ring is 1. The van der Waals surface area contributed by atoms with Gasteiger partial charge in [0.15, 0.2) is 5.82 Å². The molecule has 3 N–H and O–H groups in total. The molecule has 6 rings (SSSR count). The van der Waals surface area contributed by atoms with Crippen molar-refractivity contribution in [3.05, 3.63) is 71.1 Å². The summed E-state index contributed by atoms with van der Waals surface area (Å²) >= 11 is 2.28. The summed E-state index contributed by atoms with van der Waals surface area (Å²) in [6, 6.07) is 10.5. The van der Waals surface area contributed by atoms with Gasteiger partial charge in [-0.1, -0.05) is 6.07 Å². The normalized spacial score (nSPS) is 18.4. The fourth-order valence-electron chi connectivity index (χ4n) is 4.73. The van der Waals surface area contributed by atoms with Gasteiger partial charge in [-0.25, -0.2) is 28.1 Å². The average molecular weight is 570 g/mol. The zero-order valence-electron chi connectivity index (χ0n) is 21.1. The number of halogens is 3. The fourth-order valence-corrected chi connectivity index (χ4v) is 6.65. The van der Waals surface area contributed by atoms with Gasteiger partial charge in [-0.2, -0.15) is 0 Å². The lowest BCUT2D eigenvalue weighted by Crippen LogP contribution is -2.47. The monoisotopic (exact) mass is 569 g/mol. The molecule has 1 saturated carbocycles. The maximum atomic E-state index is 16.0. The van der Waals surface area contributed by atoms with Crippen molar-refractivity contribution in [3.8, 4) is 21.8 Å². The van der Waals surface area contributed by atoms with Crippen LogP contribution in [0.25, 0.3) is 21.8 Å². The first kappa shape index (κ1) is 26.1. The number of thiazole rings is 1. The Morgan fingerprint density at radius 2 is 1.92 bits per heavy atom. The Bertz CT molecular complexity index is 1510. The van der Waals surface area contributed by atoms with Crippen molar-refractivity contribution in [2.45, 2.75) is 29.8 Å². The molecule has 7 nitrogen and oxygen atoms in total. The predicted octanol–water partition coefficient (Wildman–Crippen LogP) is 5.84. The van der Waals surface area contributed by atoms with Crippen molar-refractivity contribution in [1.29, 1.82) is 0 Å². The Kier molecular flexibility index (Phi) is 7.19. The highest BCUT2D eigenvalue weighted by Crippen LogP contribution is 2.43. The summed E-state index contributed by atoms with van der Waals surface area (Å²) < 4.78 is 46.5. The van der Waals surface area contributed by atoms with E-state index in [1.807, 2.05) is 0 Å². The van der Waals surface area contributed by atoms with Crippen LogP contribution in [0.3, 0.4) is 0 Å². The molecule has 2 aliphatic rings. The number of rotatable bonds is 7. The van der Waals surface area contributed by atoms with Gasteiger partial charge in [0, 0.05) is 37.4 Å². The van der Waals surface area contributed by atoms with Gasteiger partial charge < -0.3 is 10.5 Å². The van der Waals surface area contributed by atoms with Crippen LogP contribution in [-0.2, 0) is 0 Å². The summed E-state index contributed by atoms with van der Waals surface area (Å²) in [7, 11) is 2.09. The van der Waals surface area contributed by atoms with Crippen molar-refractivity contribution >= 4 is 34.9 Å². The molecular formula is C27H26F3N7S2. The number of anilines is 2. The Morgan fingerprint density at radius 1 is 1.08 bits per heavy atom. The predicted molar refractivity (Wildman–Crippen MR) is 149 cm³/mol. The number of benzene rings is 2. The van der Waals surface area contributed by atoms with Crippen LogP contribution >= 0.6 is 23.3 Å². The molecule has 0 bridgehead atoms. The summed E-state index contributed by atoms with van der Waals surface area (Å²) in [5.41, 5.74) is 7.30. The van der Waals surface area contributed by atoms with E-state index in [-0.39, 0.29) is 28.1 Å². The van der Waals surface area contributed by atoms with Crippen molar-refractivity contribution in [2.75, 3.05) is 37.1 Å². The second-order valence-electron chi connectivity index (χ2n) is 9.70. The zero-order valence-corrected chi connectivity index (χ0v) is 22.7. The number of hydrogen-bond acceptors (Lipinski definition) is 9. The molecule has 12 heteroatoms. The minimum atomic E-state index is -0.602. The number of likely N-dealkylation sites (N-methyl/N-ethyl adjacent to an activating group) is 1. The summed E-state index contributed by atoms with van der Waals surface area (Å²) in [6.45, 7) is 2.81. The number of nitrogens with two attached hydrogens (primary N) is 1. The number of nitrogens with one attached hydrogen (secondary N) is 1. The highest BCUT2D eigenvalue weighted by Gasteiger charge is 2.36. The molecule has 1 saturated heterocycles. The van der Waals surface area contributed by atoms with E-state index in [9.17, 15) is 8.78 Å². The highest BCUT2D eigenvalue weighted by molar-refractivity contribution is 8.00. The lowest BCUT2D eigenvalue weighted by molar-refractivity contribution is 0.0900. The SMILES string of the molecule is CN1CCN(C2CC2)CC1c1nc(-c2cccc(NSc3cc(F)ccc3F)c2F)c(-c2ccnc(N)n2)s1. The molecule has 1 aliphatic carbocycles. The maximum absolute atomic E-state index is 16.0. The standard InChI is InChI=1S/C27H26F3N7S2/c1-36-11-12-37(16-6-7-16)14-21(36)26-34-24(25(38-26)20-9-10-32-27(31)33-20)17-3-2-4-19(23(17)30)35-39-22-13-15(28)5-8-18(22)29/h2-5,8-10,13,16,21,35H,6-7,11-12,14H2,1H3,(H2,31,32,33). The Balaban J connectivity index is 1.38. The molecule has 1 aliphatic heterocycles. The van der Waals surface area contributed by atoms with Gasteiger partial charge in [0.25, 0.3) is 0 Å². The third kappa shape index (κ3) is 5.46. The molecule has 202 valence electrons. The van der Waals surface area contributed by atoms with Crippen LogP contribution in [0, 0.1) is 17.5 Å². The lowest BCUT2D eigenvalue weighted by Gasteiger charge is -2.38. The largest absolute Gasteiger partial charge is 0.368 e. The minimum absolute atomic E-state index is 0.0217. The van der Waals surface area contributed by atoms with Crippen LogP contribution in [0.15, 0.2) is 53.6 Å². The fraction of sp³-hybridized carbons (Fsp3) is 0.296. The van der Waals surface area contributed by atoms with Crippen molar-refractivity contribution < 1.29 is 13.2 Å². The molecule has 3 heterocycles. The first-order chi connectivity index (χ1) is 18.9. The molecule has 2 aromatic carbocycles. The van der Waals surface area contributed by atoms with Gasteiger partial charge in [-0.05, 0) is 68.2 Å². The van der Waals surface area contributed by atoms with Crippen molar-refractivity contribution in [2.24, 2.45) is 0 Å². The van der Waals surface area contributed by atoms with Crippen LogP contribution in [0.5, 0.6) is 0 Å². The smallest absolute Gasteiger partial charge is 0.220 e. The third-order valence-electron chi connectivity index (χ3n) is 7.00. The van der Waals surface area contributed by atoms with Gasteiger partial charge >= 0.3 is 0 Å². The Labute approximate surface area is 232 Å². The minimum Gasteiger partial charge on any atom is -0.368 e. The lowest BCUT2D eigenvalue weighted by atomic mass is 10.1. The number of nitrogens with zero attached hydrogens (tertiary/aromatic N) is 5. The van der Waals surface area contributed by atoms with Crippen molar-refractivity contribution in [1.82, 2.24) is 24.8 Å². The van der Waals surface area contributed by atoms with E-state index in [1.54, 1.807) is 30.5 Å². The van der Waals surface area contributed by atoms with E-state index in [0.717, 1.165) is 54.8 Å². The third-order valence-corrected chi connectivity index (χ3v) is 9.03. The molecule has 0 spiro atoms. The second kappa shape index (κ2) is 10.8. The Hall–Kier alpha value is -3.19. The topological polar surface area (TPSA) is 83.2 Å². The second-order valence-corrected chi connectivity index (χ2v) is 11.6. The Morgan fingerprint density at radius 3 is 2.72 bits per heavy atom. The number of piperazine rings is 1. The zero-order chi connectivity index (χ0) is 27.1. The molecule has 0 radical (unpaired) electrons. The van der Waals surface area contributed by atoms with E-state index < -0.39 is 17.5 Å².